The van der Waals surface area contributed by atoms with Crippen molar-refractivity contribution in [3.05, 3.63) is 58.1 Å². The van der Waals surface area contributed by atoms with E-state index >= 15 is 0 Å². The summed E-state index contributed by atoms with van der Waals surface area (Å²) in [6.45, 7) is 1.18. The first-order valence-corrected chi connectivity index (χ1v) is 8.91. The number of hydrogen-bond donors (Lipinski definition) is 0. The van der Waals surface area contributed by atoms with Gasteiger partial charge < -0.3 is 19.2 Å². The van der Waals surface area contributed by atoms with Crippen LogP contribution in [-0.4, -0.2) is 44.4 Å². The predicted molar refractivity (Wildman–Crippen MR) is 104 cm³/mol. The van der Waals surface area contributed by atoms with Crippen molar-refractivity contribution >= 4 is 23.7 Å². The monoisotopic (exact) mass is 388 g/mol. The Labute approximate surface area is 163 Å². The average Bonchev–Trinajstić information content (AvgIpc) is 2.70. The summed E-state index contributed by atoms with van der Waals surface area (Å²) < 4.78 is 10.4. The van der Waals surface area contributed by atoms with Crippen molar-refractivity contribution in [2.24, 2.45) is 5.16 Å². The van der Waals surface area contributed by atoms with Crippen molar-refractivity contribution in [3.63, 3.8) is 0 Å². The fraction of sp³-hybridized carbons (Fsp3) is 0.300. The zero-order valence-electron chi connectivity index (χ0n) is 15.3. The number of fused-ring (bicyclic) bond motifs is 1. The van der Waals surface area contributed by atoms with Gasteiger partial charge in [0.05, 0.1) is 25.5 Å². The maximum atomic E-state index is 12.3. The maximum Gasteiger partial charge on any atom is 0.263 e. The Kier molecular flexibility index (Phi) is 6.19. The molecule has 0 aliphatic carbocycles. The molecule has 0 saturated heterocycles. The molecule has 0 N–H and O–H groups in total. The molecule has 0 atom stereocenters. The first-order valence-electron chi connectivity index (χ1n) is 8.53. The molecule has 2 aromatic carbocycles. The topological polar surface area (TPSA) is 60.4 Å². The van der Waals surface area contributed by atoms with Gasteiger partial charge >= 0.3 is 0 Å². The normalized spacial score (nSPS) is 13.4. The van der Waals surface area contributed by atoms with E-state index in [-0.39, 0.29) is 12.5 Å². The number of methoxy groups -OCH3 is 2. The van der Waals surface area contributed by atoms with E-state index in [1.807, 2.05) is 12.1 Å². The summed E-state index contributed by atoms with van der Waals surface area (Å²) in [5.74, 6) is 0.860. The number of carbonyl (C=O) groups excluding carboxylic acids is 1. The summed E-state index contributed by atoms with van der Waals surface area (Å²) in [6, 6.07) is 11.6. The van der Waals surface area contributed by atoms with Gasteiger partial charge in [-0.3, -0.25) is 4.79 Å². The van der Waals surface area contributed by atoms with Gasteiger partial charge in [0, 0.05) is 18.7 Å². The zero-order chi connectivity index (χ0) is 19.2. The summed E-state index contributed by atoms with van der Waals surface area (Å²) in [5.41, 5.74) is 3.16. The average molecular weight is 389 g/mol. The molecule has 1 aliphatic rings. The number of carbonyl (C=O) groups is 1. The number of rotatable bonds is 6. The maximum absolute atomic E-state index is 12.3. The summed E-state index contributed by atoms with van der Waals surface area (Å²) in [6.07, 6.45) is 2.34. The lowest BCUT2D eigenvalue weighted by Gasteiger charge is -2.28. The fourth-order valence-electron chi connectivity index (χ4n) is 3.00. The Balaban J connectivity index is 1.55. The van der Waals surface area contributed by atoms with Crippen LogP contribution in [0, 0.1) is 0 Å². The van der Waals surface area contributed by atoms with Crippen LogP contribution in [0.3, 0.4) is 0 Å². The summed E-state index contributed by atoms with van der Waals surface area (Å²) in [5, 5.41) is 4.27. The van der Waals surface area contributed by atoms with E-state index in [1.54, 1.807) is 17.0 Å². The third kappa shape index (κ3) is 4.52. The molecule has 0 radical (unpaired) electrons. The molecule has 2 aromatic rings. The molecule has 27 heavy (non-hydrogen) atoms. The number of nitrogens with zero attached hydrogens (tertiary/aromatic N) is 2. The molecule has 0 aromatic heterocycles. The van der Waals surface area contributed by atoms with Crippen LogP contribution < -0.4 is 9.47 Å². The highest BCUT2D eigenvalue weighted by Crippen LogP contribution is 2.35. The largest absolute Gasteiger partial charge is 0.493 e. The van der Waals surface area contributed by atoms with Crippen LogP contribution in [0.1, 0.15) is 16.7 Å². The molecule has 1 aliphatic heterocycles. The minimum Gasteiger partial charge on any atom is -0.493 e. The van der Waals surface area contributed by atoms with Crippen LogP contribution in [0.25, 0.3) is 0 Å². The molecule has 0 spiro atoms. The Morgan fingerprint density at radius 2 is 2.00 bits per heavy atom. The summed E-state index contributed by atoms with van der Waals surface area (Å²) >= 11 is 6.15. The molecule has 0 bridgehead atoms. The van der Waals surface area contributed by atoms with Crippen molar-refractivity contribution in [2.75, 3.05) is 27.4 Å². The quantitative estimate of drug-likeness (QED) is 0.562. The van der Waals surface area contributed by atoms with Crippen LogP contribution in [0.5, 0.6) is 11.5 Å². The Morgan fingerprint density at radius 3 is 2.74 bits per heavy atom. The van der Waals surface area contributed by atoms with Crippen LogP contribution in [0.15, 0.2) is 41.6 Å². The van der Waals surface area contributed by atoms with Crippen molar-refractivity contribution in [3.8, 4) is 11.5 Å². The van der Waals surface area contributed by atoms with Gasteiger partial charge in [0.25, 0.3) is 5.91 Å². The zero-order valence-corrected chi connectivity index (χ0v) is 16.0. The van der Waals surface area contributed by atoms with E-state index in [0.717, 1.165) is 6.42 Å². The highest BCUT2D eigenvalue weighted by molar-refractivity contribution is 6.32. The lowest BCUT2D eigenvalue weighted by molar-refractivity contribution is -0.137. The van der Waals surface area contributed by atoms with Crippen LogP contribution in [0.2, 0.25) is 5.02 Å². The van der Waals surface area contributed by atoms with Gasteiger partial charge in [-0.15, -0.1) is 0 Å². The first-order chi connectivity index (χ1) is 13.1. The van der Waals surface area contributed by atoms with Gasteiger partial charge in [0.15, 0.2) is 18.1 Å². The molecule has 7 heteroatoms. The SMILES string of the molecule is COc1cc(/C=N\OCC(=O)N2CCc3ccccc3C2)cc(Cl)c1OC. The van der Waals surface area contributed by atoms with E-state index in [0.29, 0.717) is 35.2 Å². The number of benzene rings is 2. The molecule has 1 heterocycles. The molecule has 0 fully saturated rings. The molecule has 0 saturated carbocycles. The predicted octanol–water partition coefficient (Wildman–Crippen LogP) is 3.29. The number of oxime groups is 1. The number of halogens is 1. The van der Waals surface area contributed by atoms with Gasteiger partial charge in [0.1, 0.15) is 0 Å². The molecule has 6 nitrogen and oxygen atoms in total. The van der Waals surface area contributed by atoms with Gasteiger partial charge in [-0.1, -0.05) is 41.0 Å². The lowest BCUT2D eigenvalue weighted by Crippen LogP contribution is -2.37. The first kappa shape index (κ1) is 19.0. The molecule has 1 amide bonds. The van der Waals surface area contributed by atoms with E-state index in [9.17, 15) is 4.79 Å². The van der Waals surface area contributed by atoms with E-state index in [1.165, 1.54) is 31.6 Å². The fourth-order valence-corrected chi connectivity index (χ4v) is 3.30. The molecule has 142 valence electrons. The Morgan fingerprint density at radius 1 is 1.22 bits per heavy atom. The number of hydrogen-bond acceptors (Lipinski definition) is 5. The van der Waals surface area contributed by atoms with Crippen molar-refractivity contribution < 1.29 is 19.1 Å². The van der Waals surface area contributed by atoms with Crippen molar-refractivity contribution in [1.29, 1.82) is 0 Å². The molecular formula is C20H21ClN2O4. The van der Waals surface area contributed by atoms with Gasteiger partial charge in [-0.25, -0.2) is 0 Å². The van der Waals surface area contributed by atoms with Crippen molar-refractivity contribution in [2.45, 2.75) is 13.0 Å². The molecule has 0 unspecified atom stereocenters. The second-order valence-corrected chi connectivity index (χ2v) is 6.49. The number of amides is 1. The van der Waals surface area contributed by atoms with Crippen molar-refractivity contribution in [1.82, 2.24) is 4.90 Å². The third-order valence-electron chi connectivity index (χ3n) is 4.40. The van der Waals surface area contributed by atoms with Crippen LogP contribution in [0.4, 0.5) is 0 Å². The lowest BCUT2D eigenvalue weighted by atomic mass is 10.00. The van der Waals surface area contributed by atoms with Gasteiger partial charge in [0.2, 0.25) is 0 Å². The Hall–Kier alpha value is -2.73. The second kappa shape index (κ2) is 8.77. The van der Waals surface area contributed by atoms with Crippen LogP contribution in [-0.2, 0) is 22.6 Å². The minimum absolute atomic E-state index is 0.0907. The second-order valence-electron chi connectivity index (χ2n) is 6.08. The minimum atomic E-state index is -0.111. The van der Waals surface area contributed by atoms with E-state index < -0.39 is 0 Å². The standard InChI is InChI=1S/C20H21ClN2O4/c1-25-18-10-14(9-17(21)20(18)26-2)11-22-27-13-19(24)23-8-7-15-5-3-4-6-16(15)12-23/h3-6,9-11H,7-8,12-13H2,1-2H3/b22-11-. The van der Waals surface area contributed by atoms with Gasteiger partial charge in [-0.2, -0.15) is 0 Å². The van der Waals surface area contributed by atoms with E-state index in [4.69, 9.17) is 25.9 Å². The number of ether oxygens (including phenoxy) is 2. The Bertz CT molecular complexity index is 854. The summed E-state index contributed by atoms with van der Waals surface area (Å²) in [4.78, 5) is 19.3. The molecular weight excluding hydrogens is 368 g/mol. The van der Waals surface area contributed by atoms with Gasteiger partial charge in [-0.05, 0) is 29.7 Å². The highest BCUT2D eigenvalue weighted by Gasteiger charge is 2.20. The van der Waals surface area contributed by atoms with E-state index in [2.05, 4.69) is 17.3 Å². The molecule has 3 rings (SSSR count). The third-order valence-corrected chi connectivity index (χ3v) is 4.68. The summed E-state index contributed by atoms with van der Waals surface area (Å²) in [7, 11) is 3.05. The van der Waals surface area contributed by atoms with Crippen LogP contribution >= 0.6 is 11.6 Å². The smallest absolute Gasteiger partial charge is 0.263 e. The highest BCUT2D eigenvalue weighted by atomic mass is 35.5.